The van der Waals surface area contributed by atoms with Crippen LogP contribution in [-0.2, 0) is 11.2 Å². The molecule has 5 nitrogen and oxygen atoms in total. The second kappa shape index (κ2) is 3.70. The first-order valence-corrected chi connectivity index (χ1v) is 4.64. The molecule has 0 aliphatic carbocycles. The summed E-state index contributed by atoms with van der Waals surface area (Å²) in [6.45, 7) is 1.99. The van der Waals surface area contributed by atoms with Crippen LogP contribution in [0.25, 0.3) is 5.65 Å². The summed E-state index contributed by atoms with van der Waals surface area (Å²) in [5.41, 5.74) is 4.72. The van der Waals surface area contributed by atoms with Crippen LogP contribution in [0.1, 0.15) is 11.4 Å². The number of hydrogen-bond acceptors (Lipinski definition) is 3. The van der Waals surface area contributed by atoms with E-state index in [-0.39, 0.29) is 12.3 Å². The molecule has 0 atom stereocenters. The number of fused-ring (bicyclic) bond motifs is 1. The van der Waals surface area contributed by atoms with E-state index in [0.717, 1.165) is 11.3 Å². The highest BCUT2D eigenvalue weighted by atomic mass is 16.2. The van der Waals surface area contributed by atoms with E-state index >= 15 is 0 Å². The number of hydrogen-bond donors (Lipinski definition) is 2. The Balaban J connectivity index is 2.39. The highest BCUT2D eigenvalue weighted by Crippen LogP contribution is 2.08. The van der Waals surface area contributed by atoms with Crippen LogP contribution in [-0.4, -0.2) is 15.3 Å². The lowest BCUT2D eigenvalue weighted by molar-refractivity contribution is -0.120. The van der Waals surface area contributed by atoms with Crippen LogP contribution < -0.4 is 11.3 Å². The fourth-order valence-corrected chi connectivity index (χ4v) is 1.50. The van der Waals surface area contributed by atoms with E-state index in [1.165, 1.54) is 0 Å². The maximum Gasteiger partial charge on any atom is 0.239 e. The Bertz CT molecular complexity index is 503. The van der Waals surface area contributed by atoms with Crippen molar-refractivity contribution in [1.82, 2.24) is 14.8 Å². The summed E-state index contributed by atoms with van der Waals surface area (Å²) in [4.78, 5) is 15.4. The molecule has 0 saturated carbocycles. The topological polar surface area (TPSA) is 72.4 Å². The number of carbonyl (C=O) groups is 1. The molecule has 0 aliphatic rings. The first kappa shape index (κ1) is 9.67. The number of imidazole rings is 1. The van der Waals surface area contributed by atoms with Crippen LogP contribution in [0.4, 0.5) is 0 Å². The number of rotatable bonds is 2. The molecule has 0 fully saturated rings. The highest BCUT2D eigenvalue weighted by Gasteiger charge is 2.06. The Morgan fingerprint density at radius 1 is 1.60 bits per heavy atom. The average molecular weight is 204 g/mol. The third-order valence-electron chi connectivity index (χ3n) is 2.25. The number of hydrazine groups is 1. The largest absolute Gasteiger partial charge is 0.304 e. The van der Waals surface area contributed by atoms with Gasteiger partial charge in [-0.15, -0.1) is 0 Å². The van der Waals surface area contributed by atoms with E-state index in [0.29, 0.717) is 5.69 Å². The molecule has 0 unspecified atom stereocenters. The van der Waals surface area contributed by atoms with Gasteiger partial charge in [0, 0.05) is 11.9 Å². The van der Waals surface area contributed by atoms with Crippen molar-refractivity contribution < 1.29 is 4.79 Å². The van der Waals surface area contributed by atoms with Crippen LogP contribution in [0.3, 0.4) is 0 Å². The molecule has 2 heterocycles. The number of carbonyl (C=O) groups excluding carboxylic acids is 1. The molecule has 5 heteroatoms. The number of nitrogens with one attached hydrogen (secondary N) is 1. The zero-order valence-electron chi connectivity index (χ0n) is 8.40. The first-order chi connectivity index (χ1) is 7.20. The number of nitrogens with two attached hydrogens (primary N) is 1. The zero-order valence-corrected chi connectivity index (χ0v) is 8.40. The van der Waals surface area contributed by atoms with Crippen LogP contribution in [0.15, 0.2) is 24.4 Å². The Morgan fingerprint density at radius 3 is 3.07 bits per heavy atom. The van der Waals surface area contributed by atoms with Gasteiger partial charge in [0.25, 0.3) is 0 Å². The number of aryl methyl sites for hydroxylation is 1. The fraction of sp³-hybridized carbons (Fsp3) is 0.200. The molecule has 2 aromatic heterocycles. The molecule has 2 aromatic rings. The summed E-state index contributed by atoms with van der Waals surface area (Å²) in [6.07, 6.45) is 2.05. The van der Waals surface area contributed by atoms with Gasteiger partial charge in [-0.1, -0.05) is 6.07 Å². The minimum absolute atomic E-state index is 0.206. The van der Waals surface area contributed by atoms with Crippen molar-refractivity contribution >= 4 is 11.6 Å². The van der Waals surface area contributed by atoms with Crippen molar-refractivity contribution in [2.45, 2.75) is 13.3 Å². The lowest BCUT2D eigenvalue weighted by Crippen LogP contribution is -2.31. The van der Waals surface area contributed by atoms with E-state index < -0.39 is 0 Å². The van der Waals surface area contributed by atoms with Gasteiger partial charge in [-0.3, -0.25) is 10.2 Å². The molecule has 0 radical (unpaired) electrons. The third-order valence-corrected chi connectivity index (χ3v) is 2.25. The molecule has 0 bridgehead atoms. The molecule has 0 aromatic carbocycles. The van der Waals surface area contributed by atoms with Gasteiger partial charge in [0.2, 0.25) is 5.91 Å². The summed E-state index contributed by atoms with van der Waals surface area (Å²) in [7, 11) is 0. The van der Waals surface area contributed by atoms with E-state index in [1.807, 2.05) is 35.7 Å². The molecule has 2 rings (SSSR count). The molecule has 1 amide bonds. The van der Waals surface area contributed by atoms with Gasteiger partial charge < -0.3 is 4.40 Å². The SMILES string of the molecule is Cc1cccc2nc(CC(=O)NN)cn12. The van der Waals surface area contributed by atoms with Crippen LogP contribution >= 0.6 is 0 Å². The number of pyridine rings is 1. The predicted molar refractivity (Wildman–Crippen MR) is 56.0 cm³/mol. The van der Waals surface area contributed by atoms with Crippen molar-refractivity contribution in [2.24, 2.45) is 5.84 Å². The second-order valence-electron chi connectivity index (χ2n) is 3.37. The molecule has 0 aliphatic heterocycles. The summed E-state index contributed by atoms with van der Waals surface area (Å²) >= 11 is 0. The van der Waals surface area contributed by atoms with Gasteiger partial charge in [-0.05, 0) is 19.1 Å². The number of aromatic nitrogens is 2. The maximum absolute atomic E-state index is 11.1. The van der Waals surface area contributed by atoms with Crippen molar-refractivity contribution in [1.29, 1.82) is 0 Å². The maximum atomic E-state index is 11.1. The van der Waals surface area contributed by atoms with Crippen LogP contribution in [0.2, 0.25) is 0 Å². The van der Waals surface area contributed by atoms with E-state index in [4.69, 9.17) is 5.84 Å². The molecule has 0 saturated heterocycles. The average Bonchev–Trinajstić information content (AvgIpc) is 2.62. The van der Waals surface area contributed by atoms with E-state index in [9.17, 15) is 4.79 Å². The van der Waals surface area contributed by atoms with E-state index in [2.05, 4.69) is 10.4 Å². The minimum atomic E-state index is -0.240. The van der Waals surface area contributed by atoms with Crippen molar-refractivity contribution in [3.8, 4) is 0 Å². The van der Waals surface area contributed by atoms with Gasteiger partial charge in [-0.25, -0.2) is 10.8 Å². The van der Waals surface area contributed by atoms with Crippen molar-refractivity contribution in [3.63, 3.8) is 0 Å². The standard InChI is InChI=1S/C10H12N4O/c1-7-3-2-4-9-12-8(6-14(7)9)5-10(15)13-11/h2-4,6H,5,11H2,1H3,(H,13,15). The van der Waals surface area contributed by atoms with E-state index in [1.54, 1.807) is 0 Å². The summed E-state index contributed by atoms with van der Waals surface area (Å²) in [5.74, 6) is 4.77. The zero-order chi connectivity index (χ0) is 10.8. The van der Waals surface area contributed by atoms with Crippen molar-refractivity contribution in [2.75, 3.05) is 0 Å². The summed E-state index contributed by atoms with van der Waals surface area (Å²) in [5, 5.41) is 0. The number of nitrogens with zero attached hydrogens (tertiary/aromatic N) is 2. The monoisotopic (exact) mass is 204 g/mol. The Morgan fingerprint density at radius 2 is 2.40 bits per heavy atom. The van der Waals surface area contributed by atoms with Crippen LogP contribution in [0, 0.1) is 6.92 Å². The highest BCUT2D eigenvalue weighted by molar-refractivity contribution is 5.77. The smallest absolute Gasteiger partial charge is 0.239 e. The van der Waals surface area contributed by atoms with Gasteiger partial charge >= 0.3 is 0 Å². The van der Waals surface area contributed by atoms with Crippen molar-refractivity contribution in [3.05, 3.63) is 35.8 Å². The predicted octanol–water partition coefficient (Wildman–Crippen LogP) is 0.175. The fourth-order valence-electron chi connectivity index (χ4n) is 1.50. The lowest BCUT2D eigenvalue weighted by atomic mass is 10.3. The first-order valence-electron chi connectivity index (χ1n) is 4.64. The Labute approximate surface area is 86.9 Å². The normalized spacial score (nSPS) is 10.5. The number of amides is 1. The second-order valence-corrected chi connectivity index (χ2v) is 3.37. The molecule has 0 spiro atoms. The summed E-state index contributed by atoms with van der Waals surface area (Å²) in [6, 6.07) is 5.82. The van der Waals surface area contributed by atoms with Gasteiger partial charge in [-0.2, -0.15) is 0 Å². The molecular formula is C10H12N4O. The van der Waals surface area contributed by atoms with Gasteiger partial charge in [0.05, 0.1) is 12.1 Å². The lowest BCUT2D eigenvalue weighted by Gasteiger charge is -1.96. The third kappa shape index (κ3) is 1.82. The van der Waals surface area contributed by atoms with Gasteiger partial charge in [0.1, 0.15) is 5.65 Å². The molecule has 78 valence electrons. The Kier molecular flexibility index (Phi) is 2.39. The Hall–Kier alpha value is -1.88. The molecular weight excluding hydrogens is 192 g/mol. The molecule has 3 N–H and O–H groups in total. The molecule has 15 heavy (non-hydrogen) atoms. The minimum Gasteiger partial charge on any atom is -0.304 e. The quantitative estimate of drug-likeness (QED) is 0.416. The summed E-state index contributed by atoms with van der Waals surface area (Å²) < 4.78 is 1.94. The van der Waals surface area contributed by atoms with Crippen LogP contribution in [0.5, 0.6) is 0 Å². The van der Waals surface area contributed by atoms with Gasteiger partial charge in [0.15, 0.2) is 0 Å².